The van der Waals surface area contributed by atoms with Crippen LogP contribution < -0.4 is 11.5 Å². The van der Waals surface area contributed by atoms with Gasteiger partial charge in [-0.1, -0.05) is 18.2 Å². The van der Waals surface area contributed by atoms with Gasteiger partial charge in [0.05, 0.1) is 5.52 Å². The van der Waals surface area contributed by atoms with Gasteiger partial charge in [0.25, 0.3) is 0 Å². The first kappa shape index (κ1) is 11.9. The van der Waals surface area contributed by atoms with Gasteiger partial charge < -0.3 is 11.5 Å². The summed E-state index contributed by atoms with van der Waals surface area (Å²) in [5.41, 5.74) is 13.5. The number of fused-ring (bicyclic) bond motifs is 1. The third-order valence-electron chi connectivity index (χ3n) is 2.34. The molecule has 0 bridgehead atoms. The maximum absolute atomic E-state index is 5.91. The average molecular weight is 224 g/mol. The second kappa shape index (κ2) is 5.07. The quantitative estimate of drug-likeness (QED) is 0.813. The highest BCUT2D eigenvalue weighted by Crippen LogP contribution is 2.20. The molecule has 15 heavy (non-hydrogen) atoms. The molecule has 0 amide bonds. The fourth-order valence-electron chi connectivity index (χ4n) is 1.57. The standard InChI is InChI=1S/C11H13N3.ClH/c12-7-10(13)8-5-6-14-11-4-2-1-3-9(8)11;/h1-6,10H,7,12-13H2;1H/t10-;/m1./s1. The molecule has 1 atom stereocenters. The molecule has 3 nitrogen and oxygen atoms in total. The lowest BCUT2D eigenvalue weighted by Crippen LogP contribution is -2.21. The van der Waals surface area contributed by atoms with Crippen LogP contribution in [0.2, 0.25) is 0 Å². The van der Waals surface area contributed by atoms with Crippen molar-refractivity contribution in [1.82, 2.24) is 4.98 Å². The zero-order valence-corrected chi connectivity index (χ0v) is 9.08. The number of nitrogens with zero attached hydrogens (tertiary/aromatic N) is 1. The molecular weight excluding hydrogens is 210 g/mol. The fraction of sp³-hybridized carbons (Fsp3) is 0.182. The molecule has 1 aromatic heterocycles. The van der Waals surface area contributed by atoms with Crippen LogP contribution in [-0.2, 0) is 0 Å². The van der Waals surface area contributed by atoms with Gasteiger partial charge in [0, 0.05) is 24.2 Å². The van der Waals surface area contributed by atoms with Gasteiger partial charge in [-0.15, -0.1) is 12.4 Å². The van der Waals surface area contributed by atoms with Crippen LogP contribution in [0.1, 0.15) is 11.6 Å². The van der Waals surface area contributed by atoms with Crippen LogP contribution >= 0.6 is 12.4 Å². The molecule has 0 radical (unpaired) electrons. The minimum atomic E-state index is -0.108. The van der Waals surface area contributed by atoms with Crippen molar-refractivity contribution in [2.24, 2.45) is 11.5 Å². The lowest BCUT2D eigenvalue weighted by molar-refractivity contribution is 0.742. The molecule has 80 valence electrons. The van der Waals surface area contributed by atoms with E-state index in [0.29, 0.717) is 6.54 Å². The molecular formula is C11H14ClN3. The Hall–Kier alpha value is -1.16. The Morgan fingerprint density at radius 1 is 1.20 bits per heavy atom. The van der Waals surface area contributed by atoms with Crippen molar-refractivity contribution in [2.75, 3.05) is 6.54 Å². The first-order valence-electron chi connectivity index (χ1n) is 4.62. The molecule has 1 aromatic carbocycles. The normalized spacial score (nSPS) is 12.1. The maximum atomic E-state index is 5.91. The zero-order chi connectivity index (χ0) is 9.97. The van der Waals surface area contributed by atoms with E-state index >= 15 is 0 Å². The van der Waals surface area contributed by atoms with Gasteiger partial charge in [0.15, 0.2) is 0 Å². The van der Waals surface area contributed by atoms with E-state index in [4.69, 9.17) is 11.5 Å². The van der Waals surface area contributed by atoms with Gasteiger partial charge in [-0.25, -0.2) is 0 Å². The van der Waals surface area contributed by atoms with Gasteiger partial charge in [-0.3, -0.25) is 4.98 Å². The Balaban J connectivity index is 0.00000112. The second-order valence-corrected chi connectivity index (χ2v) is 3.26. The summed E-state index contributed by atoms with van der Waals surface area (Å²) in [6.07, 6.45) is 1.77. The van der Waals surface area contributed by atoms with Gasteiger partial charge in [-0.2, -0.15) is 0 Å². The number of nitrogens with two attached hydrogens (primary N) is 2. The summed E-state index contributed by atoms with van der Waals surface area (Å²) in [6, 6.07) is 9.77. The number of hydrogen-bond donors (Lipinski definition) is 2. The lowest BCUT2D eigenvalue weighted by atomic mass is 10.0. The van der Waals surface area contributed by atoms with Crippen LogP contribution in [0, 0.1) is 0 Å². The Kier molecular flexibility index (Phi) is 4.03. The Labute approximate surface area is 94.9 Å². The van der Waals surface area contributed by atoms with Gasteiger partial charge in [0.2, 0.25) is 0 Å². The monoisotopic (exact) mass is 223 g/mol. The van der Waals surface area contributed by atoms with E-state index in [1.54, 1.807) is 6.20 Å². The van der Waals surface area contributed by atoms with Crippen LogP contribution in [-0.4, -0.2) is 11.5 Å². The summed E-state index contributed by atoms with van der Waals surface area (Å²) in [4.78, 5) is 4.26. The predicted octanol–water partition coefficient (Wildman–Crippen LogP) is 1.62. The van der Waals surface area contributed by atoms with Crippen molar-refractivity contribution in [3.63, 3.8) is 0 Å². The summed E-state index contributed by atoms with van der Waals surface area (Å²) in [5, 5.41) is 1.09. The van der Waals surface area contributed by atoms with Crippen LogP contribution in [0.15, 0.2) is 36.5 Å². The molecule has 0 saturated heterocycles. The molecule has 0 unspecified atom stereocenters. The number of hydrogen-bond acceptors (Lipinski definition) is 3. The first-order valence-corrected chi connectivity index (χ1v) is 4.62. The van der Waals surface area contributed by atoms with Gasteiger partial charge >= 0.3 is 0 Å². The topological polar surface area (TPSA) is 64.9 Å². The summed E-state index contributed by atoms with van der Waals surface area (Å²) >= 11 is 0. The number of aromatic nitrogens is 1. The SMILES string of the molecule is Cl.NC[C@@H](N)c1ccnc2ccccc12. The molecule has 1 heterocycles. The van der Waals surface area contributed by atoms with E-state index in [2.05, 4.69) is 4.98 Å². The highest BCUT2D eigenvalue weighted by atomic mass is 35.5. The lowest BCUT2D eigenvalue weighted by Gasteiger charge is -2.11. The van der Waals surface area contributed by atoms with Crippen molar-refractivity contribution in [3.05, 3.63) is 42.1 Å². The van der Waals surface area contributed by atoms with Crippen LogP contribution in [0.25, 0.3) is 10.9 Å². The molecule has 0 fully saturated rings. The highest BCUT2D eigenvalue weighted by Gasteiger charge is 2.07. The number of para-hydroxylation sites is 1. The van der Waals surface area contributed by atoms with E-state index < -0.39 is 0 Å². The van der Waals surface area contributed by atoms with Crippen LogP contribution in [0.3, 0.4) is 0 Å². The van der Waals surface area contributed by atoms with Gasteiger partial charge in [-0.05, 0) is 17.7 Å². The predicted molar refractivity (Wildman–Crippen MR) is 65.0 cm³/mol. The summed E-state index contributed by atoms with van der Waals surface area (Å²) in [6.45, 7) is 0.452. The van der Waals surface area contributed by atoms with Crippen molar-refractivity contribution >= 4 is 23.3 Å². The molecule has 4 N–H and O–H groups in total. The van der Waals surface area contributed by atoms with Crippen LogP contribution in [0.4, 0.5) is 0 Å². The van der Waals surface area contributed by atoms with E-state index in [1.807, 2.05) is 30.3 Å². The minimum absolute atomic E-state index is 0. The van der Waals surface area contributed by atoms with E-state index in [1.165, 1.54) is 0 Å². The van der Waals surface area contributed by atoms with Crippen molar-refractivity contribution in [1.29, 1.82) is 0 Å². The molecule has 0 aliphatic heterocycles. The van der Waals surface area contributed by atoms with Crippen LogP contribution in [0.5, 0.6) is 0 Å². The number of benzene rings is 1. The molecule has 4 heteroatoms. The highest BCUT2D eigenvalue weighted by molar-refractivity contribution is 5.85. The van der Waals surface area contributed by atoms with Crippen molar-refractivity contribution < 1.29 is 0 Å². The Morgan fingerprint density at radius 3 is 2.67 bits per heavy atom. The van der Waals surface area contributed by atoms with E-state index in [-0.39, 0.29) is 18.4 Å². The zero-order valence-electron chi connectivity index (χ0n) is 8.26. The van der Waals surface area contributed by atoms with Crippen molar-refractivity contribution in [2.45, 2.75) is 6.04 Å². The van der Waals surface area contributed by atoms with Gasteiger partial charge in [0.1, 0.15) is 0 Å². The second-order valence-electron chi connectivity index (χ2n) is 3.26. The van der Waals surface area contributed by atoms with E-state index in [9.17, 15) is 0 Å². The third kappa shape index (κ3) is 2.26. The Bertz CT molecular complexity index is 439. The first-order chi connectivity index (χ1) is 6.83. The summed E-state index contributed by atoms with van der Waals surface area (Å²) < 4.78 is 0. The molecule has 2 aromatic rings. The van der Waals surface area contributed by atoms with Crippen molar-refractivity contribution in [3.8, 4) is 0 Å². The van der Waals surface area contributed by atoms with E-state index in [0.717, 1.165) is 16.5 Å². The largest absolute Gasteiger partial charge is 0.329 e. The summed E-state index contributed by atoms with van der Waals surface area (Å²) in [5.74, 6) is 0. The smallest absolute Gasteiger partial charge is 0.0705 e. The summed E-state index contributed by atoms with van der Waals surface area (Å²) in [7, 11) is 0. The average Bonchev–Trinajstić information content (AvgIpc) is 2.27. The molecule has 2 rings (SSSR count). The number of halogens is 1. The minimum Gasteiger partial charge on any atom is -0.329 e. The molecule has 0 aliphatic rings. The third-order valence-corrected chi connectivity index (χ3v) is 2.34. The maximum Gasteiger partial charge on any atom is 0.0705 e. The number of pyridine rings is 1. The molecule has 0 saturated carbocycles. The molecule has 0 spiro atoms. The Morgan fingerprint density at radius 2 is 1.93 bits per heavy atom. The number of rotatable bonds is 2. The molecule has 0 aliphatic carbocycles. The fourth-order valence-corrected chi connectivity index (χ4v) is 1.57.